The van der Waals surface area contributed by atoms with Crippen LogP contribution in [-0.2, 0) is 19.9 Å². The van der Waals surface area contributed by atoms with Crippen LogP contribution < -0.4 is 19.9 Å². The van der Waals surface area contributed by atoms with Crippen LogP contribution in [0.1, 0.15) is 39.3 Å². The number of hydrogen-bond acceptors (Lipinski definition) is 13. The first-order valence-corrected chi connectivity index (χ1v) is 14.6. The summed E-state index contributed by atoms with van der Waals surface area (Å²) < 4.78 is 27.7. The number of aliphatic hydroxyl groups excluding tert-OH is 2. The lowest BCUT2D eigenvalue weighted by molar-refractivity contribution is -0.169. The minimum Gasteiger partial charge on any atom is -0.575 e. The Balaban J connectivity index is 1.44. The van der Waals surface area contributed by atoms with E-state index < -0.39 is 44.1 Å². The quantitative estimate of drug-likeness (QED) is 0.201. The average molecular weight is 601 g/mol. The number of nitrogens with zero attached hydrogens (tertiary/aromatic N) is 5. The molecule has 1 unspecified atom stereocenters. The number of anilines is 1. The summed E-state index contributed by atoms with van der Waals surface area (Å²) in [5, 5.41) is 35.9. The van der Waals surface area contributed by atoms with Crippen molar-refractivity contribution in [3.63, 3.8) is 0 Å². The Bertz CT molecular complexity index is 1470. The summed E-state index contributed by atoms with van der Waals surface area (Å²) in [6.45, 7) is 5.44. The first-order valence-electron chi connectivity index (χ1n) is 13.4. The van der Waals surface area contributed by atoms with Crippen molar-refractivity contribution >= 4 is 25.5 Å². The van der Waals surface area contributed by atoms with Crippen molar-refractivity contribution in [3.8, 4) is 17.6 Å². The molecule has 0 amide bonds. The molecule has 0 aliphatic carbocycles. The van der Waals surface area contributed by atoms with E-state index in [2.05, 4.69) is 14.8 Å². The van der Waals surface area contributed by atoms with Gasteiger partial charge >= 0.3 is 14.1 Å². The van der Waals surface area contributed by atoms with E-state index in [-0.39, 0.29) is 42.1 Å². The van der Waals surface area contributed by atoms with E-state index in [1.807, 2.05) is 19.9 Å². The number of ether oxygens (including phenoxy) is 3. The van der Waals surface area contributed by atoms with Crippen LogP contribution in [-0.4, -0.2) is 68.3 Å². The molecule has 1 aliphatic heterocycles. The molecule has 6 atom stereocenters. The van der Waals surface area contributed by atoms with Crippen LogP contribution in [0, 0.1) is 17.2 Å². The van der Waals surface area contributed by atoms with Gasteiger partial charge in [-0.05, 0) is 37.1 Å². The van der Waals surface area contributed by atoms with Gasteiger partial charge in [0.2, 0.25) is 11.4 Å². The maximum absolute atomic E-state index is 12.6. The third-order valence-electron chi connectivity index (χ3n) is 7.14. The number of rotatable bonds is 12. The largest absolute Gasteiger partial charge is 0.575 e. The van der Waals surface area contributed by atoms with Gasteiger partial charge in [0.25, 0.3) is 0 Å². The third-order valence-corrected chi connectivity index (χ3v) is 8.03. The highest BCUT2D eigenvalue weighted by Gasteiger charge is 2.57. The molecule has 1 aromatic carbocycles. The Morgan fingerprint density at radius 3 is 2.69 bits per heavy atom. The third kappa shape index (κ3) is 6.30. The van der Waals surface area contributed by atoms with Crippen molar-refractivity contribution in [2.24, 2.45) is 10.7 Å². The molecule has 14 nitrogen and oxygen atoms in total. The van der Waals surface area contributed by atoms with Crippen molar-refractivity contribution in [1.29, 1.82) is 5.26 Å². The number of fused-ring (bicyclic) bond motifs is 1. The van der Waals surface area contributed by atoms with Gasteiger partial charge in [-0.3, -0.25) is 4.52 Å². The zero-order chi connectivity index (χ0) is 30.4. The molecular formula is C27H33N6O8P. The summed E-state index contributed by atoms with van der Waals surface area (Å²) in [6, 6.07) is 10.3. The fourth-order valence-electron chi connectivity index (χ4n) is 4.51. The van der Waals surface area contributed by atoms with Gasteiger partial charge in [0, 0.05) is 0 Å². The summed E-state index contributed by atoms with van der Waals surface area (Å²) in [4.78, 5) is 28.8. The lowest BCUT2D eigenvalue weighted by Crippen LogP contribution is -2.41. The van der Waals surface area contributed by atoms with Crippen LogP contribution in [0.15, 0.2) is 47.5 Å². The summed E-state index contributed by atoms with van der Waals surface area (Å²) >= 11 is 0. The van der Waals surface area contributed by atoms with E-state index in [1.54, 1.807) is 18.2 Å². The normalized spacial score (nSPS) is 23.1. The maximum atomic E-state index is 12.6. The molecule has 2 aromatic heterocycles. The summed E-state index contributed by atoms with van der Waals surface area (Å²) in [5.74, 6) is -0.00714. The number of benzene rings is 1. The number of esters is 1. The van der Waals surface area contributed by atoms with Gasteiger partial charge in [-0.15, -0.1) is 0 Å². The molecule has 0 spiro atoms. The van der Waals surface area contributed by atoms with Gasteiger partial charge in [0.05, 0.1) is 12.3 Å². The van der Waals surface area contributed by atoms with Crippen molar-refractivity contribution in [2.45, 2.75) is 63.6 Å². The maximum Gasteiger partial charge on any atom is 0.395 e. The second kappa shape index (κ2) is 13.4. The van der Waals surface area contributed by atoms with Gasteiger partial charge < -0.3 is 35.1 Å². The topological polar surface area (TPSA) is 210 Å². The molecule has 0 radical (unpaired) electrons. The van der Waals surface area contributed by atoms with Crippen LogP contribution in [0.2, 0.25) is 0 Å². The highest BCUT2D eigenvalue weighted by atomic mass is 31.1. The van der Waals surface area contributed by atoms with Crippen LogP contribution in [0.3, 0.4) is 0 Å². The molecule has 42 heavy (non-hydrogen) atoms. The summed E-state index contributed by atoms with van der Waals surface area (Å²) in [5.41, 5.74) is 4.45. The number of aromatic nitrogens is 3. The van der Waals surface area contributed by atoms with Crippen LogP contribution >= 0.6 is 8.17 Å². The number of para-hydroxylation sites is 2. The molecule has 1 aliphatic rings. The van der Waals surface area contributed by atoms with Gasteiger partial charge in [-0.25, -0.2) is 14.3 Å². The van der Waals surface area contributed by atoms with E-state index in [4.69, 9.17) is 24.5 Å². The minimum absolute atomic E-state index is 0.0595. The van der Waals surface area contributed by atoms with Crippen molar-refractivity contribution in [2.75, 3.05) is 18.9 Å². The number of nitrogen functional groups attached to an aromatic ring is 1. The molecule has 4 N–H and O–H groups in total. The van der Waals surface area contributed by atoms with E-state index in [0.29, 0.717) is 5.52 Å². The smallest absolute Gasteiger partial charge is 0.395 e. The highest BCUT2D eigenvalue weighted by Crippen LogP contribution is 2.41. The molecule has 3 heterocycles. The fourth-order valence-corrected chi connectivity index (χ4v) is 5.25. The number of aliphatic hydroxyl groups is 2. The average Bonchev–Trinajstić information content (AvgIpc) is 3.53. The van der Waals surface area contributed by atoms with Crippen LogP contribution in [0.4, 0.5) is 5.82 Å². The molecule has 224 valence electrons. The van der Waals surface area contributed by atoms with Crippen molar-refractivity contribution < 1.29 is 38.6 Å². The predicted octanol–water partition coefficient (Wildman–Crippen LogP) is 1.83. The molecule has 15 heteroatoms. The lowest BCUT2D eigenvalue weighted by atomic mass is 9.92. The molecule has 0 saturated carbocycles. The van der Waals surface area contributed by atoms with Gasteiger partial charge in [-0.2, -0.15) is 10.4 Å². The number of carbonyl (C=O) groups is 1. The van der Waals surface area contributed by atoms with Gasteiger partial charge in [0.1, 0.15) is 42.8 Å². The monoisotopic (exact) mass is 600 g/mol. The zero-order valence-corrected chi connectivity index (χ0v) is 24.3. The van der Waals surface area contributed by atoms with Crippen molar-refractivity contribution in [1.82, 2.24) is 14.6 Å². The summed E-state index contributed by atoms with van der Waals surface area (Å²) in [6.07, 6.45) is -1.38. The first kappa shape index (κ1) is 31.1. The van der Waals surface area contributed by atoms with Gasteiger partial charge in [-0.1, -0.05) is 43.6 Å². The molecule has 0 bridgehead atoms. The SMILES string of the molecule is CCC(CC)COC(=O)[C@H](C)N=[P+]([O-])Oc1ccccc1OC[C@H]1O[C@@](C#N)(c2ccc3c(N)ncnn23)[C@H](O)[C@@H]1O. The Morgan fingerprint density at radius 2 is 2.00 bits per heavy atom. The fraction of sp³-hybridized carbons (Fsp3) is 0.481. The molecule has 3 aromatic rings. The Labute approximate surface area is 243 Å². The molecule has 1 fully saturated rings. The number of carbonyl (C=O) groups excluding carboxylic acids is 1. The Kier molecular flexibility index (Phi) is 9.93. The first-order chi connectivity index (χ1) is 20.1. The molecular weight excluding hydrogens is 567 g/mol. The number of nitrogens with two attached hydrogens (primary N) is 1. The Morgan fingerprint density at radius 1 is 1.29 bits per heavy atom. The number of hydrogen-bond donors (Lipinski definition) is 3. The zero-order valence-electron chi connectivity index (χ0n) is 23.4. The van der Waals surface area contributed by atoms with E-state index in [1.165, 1.54) is 36.0 Å². The lowest BCUT2D eigenvalue weighted by Gasteiger charge is -2.24. The van der Waals surface area contributed by atoms with E-state index in [0.717, 1.165) is 12.8 Å². The van der Waals surface area contributed by atoms with E-state index >= 15 is 0 Å². The highest BCUT2D eigenvalue weighted by molar-refractivity contribution is 7.34. The van der Waals surface area contributed by atoms with Crippen molar-refractivity contribution in [3.05, 3.63) is 48.4 Å². The predicted molar refractivity (Wildman–Crippen MR) is 148 cm³/mol. The number of nitriles is 1. The Hall–Kier alpha value is -3.86. The van der Waals surface area contributed by atoms with Gasteiger partial charge in [0.15, 0.2) is 17.6 Å². The summed E-state index contributed by atoms with van der Waals surface area (Å²) in [7, 11) is -2.67. The second-order valence-corrected chi connectivity index (χ2v) is 10.7. The minimum atomic E-state index is -2.67. The molecule has 4 rings (SSSR count). The van der Waals surface area contributed by atoms with Crippen LogP contribution in [0.5, 0.6) is 11.5 Å². The molecule has 1 saturated heterocycles. The standard InChI is InChI=1S/C27H33N6O8P/c1-4-17(5-2)12-39-26(36)16(3)32-42(37)41-20-9-7-6-8-19(20)38-13-21-23(34)24(35)27(14-28,40-21)22-11-10-18-25(29)30-15-31-33(18)22/h6-11,15-17,21,23-24,34-35H,4-5,12-13H2,1-3H3,(H2,29,30,31)/t16-,21+,23+,24+,27-/m0/s1. The van der Waals surface area contributed by atoms with E-state index in [9.17, 15) is 25.2 Å². The second-order valence-electron chi connectivity index (χ2n) is 9.79. The van der Waals surface area contributed by atoms with Crippen LogP contribution in [0.25, 0.3) is 5.52 Å².